The van der Waals surface area contributed by atoms with Crippen molar-refractivity contribution in [2.24, 2.45) is 0 Å². The van der Waals surface area contributed by atoms with Crippen LogP contribution in [0.4, 0.5) is 10.2 Å². The molecule has 3 heterocycles. The molecule has 0 amide bonds. The number of halogens is 1. The lowest BCUT2D eigenvalue weighted by Gasteiger charge is -2.25. The molecule has 1 aliphatic heterocycles. The molecule has 230 valence electrons. The van der Waals surface area contributed by atoms with E-state index >= 15 is 4.39 Å². The van der Waals surface area contributed by atoms with E-state index < -0.39 is 56.6 Å². The predicted molar refractivity (Wildman–Crippen MR) is 153 cm³/mol. The number of rotatable bonds is 14. The minimum Gasteiger partial charge on any atom is -0.462 e. The maximum atomic E-state index is 16.0. The first kappa shape index (κ1) is 31.8. The van der Waals surface area contributed by atoms with Gasteiger partial charge in [-0.05, 0) is 46.2 Å². The molecule has 13 nitrogen and oxygen atoms in total. The Hall–Kier alpha value is -3.16. The van der Waals surface area contributed by atoms with Crippen molar-refractivity contribution in [3.05, 3.63) is 43.0 Å². The summed E-state index contributed by atoms with van der Waals surface area (Å²) in [6.45, 7) is 8.22. The largest absolute Gasteiger partial charge is 0.462 e. The molecular formula is C27H38FN6O7P. The van der Waals surface area contributed by atoms with Gasteiger partial charge in [0.05, 0.1) is 19.0 Å². The quantitative estimate of drug-likeness (QED) is 0.137. The van der Waals surface area contributed by atoms with Crippen molar-refractivity contribution < 1.29 is 37.4 Å². The first-order valence-corrected chi connectivity index (χ1v) is 15.4. The highest BCUT2D eigenvalue weighted by molar-refractivity contribution is 7.52. The van der Waals surface area contributed by atoms with Crippen molar-refractivity contribution in [3.63, 3.8) is 0 Å². The van der Waals surface area contributed by atoms with Crippen molar-refractivity contribution in [3.8, 4) is 5.75 Å². The molecule has 0 unspecified atom stereocenters. The third-order valence-electron chi connectivity index (χ3n) is 6.59. The Labute approximate surface area is 243 Å². The number of hydrogen-bond acceptors (Lipinski definition) is 11. The molecule has 2 aromatic heterocycles. The summed E-state index contributed by atoms with van der Waals surface area (Å²) in [5.74, 6) is 0.0321. The second-order valence-electron chi connectivity index (χ2n) is 10.5. The van der Waals surface area contributed by atoms with Gasteiger partial charge in [-0.15, -0.1) is 0 Å². The van der Waals surface area contributed by atoms with E-state index in [-0.39, 0.29) is 5.75 Å². The number of alkyl halides is 1. The normalized spacial score (nSPS) is 24.4. The molecule has 6 atom stereocenters. The summed E-state index contributed by atoms with van der Waals surface area (Å²) < 4.78 is 53.6. The number of aromatic nitrogens is 4. The minimum absolute atomic E-state index is 0.201. The summed E-state index contributed by atoms with van der Waals surface area (Å²) in [7, 11) is -4.27. The predicted octanol–water partition coefficient (Wildman–Crippen LogP) is 4.16. The number of benzene rings is 1. The fraction of sp³-hybridized carbons (Fsp3) is 0.556. The lowest BCUT2D eigenvalue weighted by molar-refractivity contribution is -0.149. The van der Waals surface area contributed by atoms with Crippen molar-refractivity contribution >= 4 is 30.7 Å². The SMILES string of the molecule is CCCCNc1ncnc2c1ncn2[C@@H]1O[C@H](CO[P@@](=O)(N[C@@H](C)C(=O)OC(C)C)Oc2ccccc2)[C@@H](O)[C@@]1(C)F. The summed E-state index contributed by atoms with van der Waals surface area (Å²) in [6.07, 6.45) is -0.0549. The average Bonchev–Trinajstić information content (AvgIpc) is 3.46. The van der Waals surface area contributed by atoms with Crippen molar-refractivity contribution in [1.29, 1.82) is 0 Å². The molecule has 0 radical (unpaired) electrons. The van der Waals surface area contributed by atoms with Crippen LogP contribution in [-0.4, -0.2) is 73.8 Å². The first-order chi connectivity index (χ1) is 19.9. The van der Waals surface area contributed by atoms with Gasteiger partial charge in [0.15, 0.2) is 28.9 Å². The van der Waals surface area contributed by atoms with Crippen molar-refractivity contribution in [2.75, 3.05) is 18.5 Å². The van der Waals surface area contributed by atoms with Gasteiger partial charge in [0.1, 0.15) is 30.3 Å². The molecule has 4 rings (SSSR count). The monoisotopic (exact) mass is 608 g/mol. The number of nitrogens with one attached hydrogen (secondary N) is 2. The molecule has 1 saturated heterocycles. The van der Waals surface area contributed by atoms with Crippen LogP contribution in [-0.2, 0) is 23.4 Å². The minimum atomic E-state index is -4.27. The Morgan fingerprint density at radius 1 is 1.24 bits per heavy atom. The first-order valence-electron chi connectivity index (χ1n) is 13.9. The van der Waals surface area contributed by atoms with Gasteiger partial charge in [0, 0.05) is 6.54 Å². The molecule has 15 heteroatoms. The van der Waals surface area contributed by atoms with Crippen LogP contribution in [0.15, 0.2) is 43.0 Å². The maximum Gasteiger partial charge on any atom is 0.459 e. The van der Waals surface area contributed by atoms with E-state index in [9.17, 15) is 14.5 Å². The summed E-state index contributed by atoms with van der Waals surface area (Å²) >= 11 is 0. The third kappa shape index (κ3) is 7.24. The van der Waals surface area contributed by atoms with E-state index in [0.29, 0.717) is 23.5 Å². The molecule has 1 fully saturated rings. The summed E-state index contributed by atoms with van der Waals surface area (Å²) in [6, 6.07) is 7.12. The number of aliphatic hydroxyl groups excluding tert-OH is 1. The fourth-order valence-electron chi connectivity index (χ4n) is 4.39. The number of fused-ring (bicyclic) bond motifs is 1. The third-order valence-corrected chi connectivity index (χ3v) is 8.23. The lowest BCUT2D eigenvalue weighted by atomic mass is 9.98. The number of anilines is 1. The van der Waals surface area contributed by atoms with Crippen LogP contribution < -0.4 is 14.9 Å². The van der Waals surface area contributed by atoms with Crippen LogP contribution in [0.25, 0.3) is 11.2 Å². The number of para-hydroxylation sites is 1. The Morgan fingerprint density at radius 3 is 2.67 bits per heavy atom. The summed E-state index contributed by atoms with van der Waals surface area (Å²) in [4.78, 5) is 25.3. The highest BCUT2D eigenvalue weighted by Gasteiger charge is 2.56. The maximum absolute atomic E-state index is 16.0. The molecule has 0 aliphatic carbocycles. The van der Waals surface area contributed by atoms with E-state index in [2.05, 4.69) is 32.3 Å². The van der Waals surface area contributed by atoms with Crippen LogP contribution >= 0.6 is 7.75 Å². The Balaban J connectivity index is 1.53. The molecule has 42 heavy (non-hydrogen) atoms. The smallest absolute Gasteiger partial charge is 0.459 e. The zero-order valence-electron chi connectivity index (χ0n) is 24.3. The molecule has 3 N–H and O–H groups in total. The van der Waals surface area contributed by atoms with Gasteiger partial charge in [0.25, 0.3) is 0 Å². The summed E-state index contributed by atoms with van der Waals surface area (Å²) in [5.41, 5.74) is -1.58. The van der Waals surface area contributed by atoms with Gasteiger partial charge >= 0.3 is 13.7 Å². The van der Waals surface area contributed by atoms with E-state index in [1.165, 1.54) is 31.1 Å². The van der Waals surface area contributed by atoms with Gasteiger partial charge in [-0.1, -0.05) is 31.5 Å². The molecule has 0 spiro atoms. The molecular weight excluding hydrogens is 570 g/mol. The number of ether oxygens (including phenoxy) is 2. The Kier molecular flexibility index (Phi) is 10.2. The van der Waals surface area contributed by atoms with Crippen LogP contribution in [0.3, 0.4) is 0 Å². The average molecular weight is 609 g/mol. The van der Waals surface area contributed by atoms with Gasteiger partial charge in [-0.3, -0.25) is 13.9 Å². The van der Waals surface area contributed by atoms with Gasteiger partial charge < -0.3 is 24.4 Å². The number of nitrogens with zero attached hydrogens (tertiary/aromatic N) is 4. The van der Waals surface area contributed by atoms with Crippen LogP contribution in [0, 0.1) is 0 Å². The zero-order chi connectivity index (χ0) is 30.5. The number of esters is 1. The van der Waals surface area contributed by atoms with Gasteiger partial charge in [-0.2, -0.15) is 5.09 Å². The van der Waals surface area contributed by atoms with E-state index in [1.807, 2.05) is 0 Å². The van der Waals surface area contributed by atoms with Gasteiger partial charge in [-0.25, -0.2) is 23.9 Å². The van der Waals surface area contributed by atoms with Crippen LogP contribution in [0.5, 0.6) is 5.75 Å². The second-order valence-corrected chi connectivity index (χ2v) is 12.2. The van der Waals surface area contributed by atoms with Crippen LogP contribution in [0.2, 0.25) is 0 Å². The zero-order valence-corrected chi connectivity index (χ0v) is 25.2. The number of hydrogen-bond donors (Lipinski definition) is 3. The van der Waals surface area contributed by atoms with Crippen LogP contribution in [0.1, 0.15) is 53.7 Å². The van der Waals surface area contributed by atoms with E-state index in [4.69, 9.17) is 18.5 Å². The standard InChI is InChI=1S/C27H38FN6O7P/c1-6-7-13-29-23-21-24(31-15-30-23)34(16-32-21)26-27(5,28)22(35)20(40-26)14-38-42(37,41-19-11-9-8-10-12-19)33-18(4)25(36)39-17(2)3/h8-12,15-18,20,22,26,35H,6-7,13-14H2,1-5H3,(H,33,37)(H,29,30,31)/t18-,20+,22+,26+,27+,42-/m0/s1. The molecule has 0 saturated carbocycles. The number of imidazole rings is 1. The highest BCUT2D eigenvalue weighted by atomic mass is 31.2. The number of carbonyl (C=O) groups is 1. The van der Waals surface area contributed by atoms with Gasteiger partial charge in [0.2, 0.25) is 0 Å². The number of unbranched alkanes of at least 4 members (excludes halogenated alkanes) is 1. The van der Waals surface area contributed by atoms with E-state index in [0.717, 1.165) is 12.8 Å². The number of carbonyl (C=O) groups excluding carboxylic acids is 1. The molecule has 1 aliphatic rings. The summed E-state index contributed by atoms with van der Waals surface area (Å²) in [5, 5.41) is 16.7. The number of aliphatic hydroxyl groups is 1. The van der Waals surface area contributed by atoms with Crippen molar-refractivity contribution in [1.82, 2.24) is 24.6 Å². The highest BCUT2D eigenvalue weighted by Crippen LogP contribution is 2.48. The lowest BCUT2D eigenvalue weighted by Crippen LogP contribution is -2.41. The molecule has 1 aromatic carbocycles. The molecule has 0 bridgehead atoms. The Bertz CT molecular complexity index is 1390. The Morgan fingerprint density at radius 2 is 1.98 bits per heavy atom. The molecule has 3 aromatic rings. The van der Waals surface area contributed by atoms with Crippen molar-refractivity contribution in [2.45, 2.75) is 83.7 Å². The second kappa shape index (κ2) is 13.4. The fourth-order valence-corrected chi connectivity index (χ4v) is 5.90. The topological polar surface area (TPSA) is 159 Å². The van der Waals surface area contributed by atoms with E-state index in [1.54, 1.807) is 44.2 Å².